The average Bonchev–Trinajstić information content (AvgIpc) is 2.87. The van der Waals surface area contributed by atoms with E-state index in [1.807, 2.05) is 6.92 Å². The van der Waals surface area contributed by atoms with Crippen LogP contribution in [-0.2, 0) is 6.54 Å². The van der Waals surface area contributed by atoms with Crippen LogP contribution >= 0.6 is 0 Å². The lowest BCUT2D eigenvalue weighted by Crippen LogP contribution is -2.31. The van der Waals surface area contributed by atoms with Gasteiger partial charge in [-0.1, -0.05) is 24.6 Å². The fourth-order valence-corrected chi connectivity index (χ4v) is 2.42. The lowest BCUT2D eigenvalue weighted by atomic mass is 10.0. The van der Waals surface area contributed by atoms with Gasteiger partial charge >= 0.3 is 0 Å². The van der Waals surface area contributed by atoms with E-state index in [1.165, 1.54) is 6.07 Å². The first-order valence-corrected chi connectivity index (χ1v) is 6.94. The highest BCUT2D eigenvalue weighted by Crippen LogP contribution is 2.31. The van der Waals surface area contributed by atoms with Gasteiger partial charge in [-0.15, -0.1) is 0 Å². The Labute approximate surface area is 123 Å². The number of nitrogens with zero attached hydrogens (tertiary/aromatic N) is 2. The number of hydrogen-bond donors (Lipinski definition) is 2. The number of nitrogens with one attached hydrogen (secondary N) is 1. The highest BCUT2D eigenvalue weighted by molar-refractivity contribution is 5.38. The third-order valence-corrected chi connectivity index (χ3v) is 3.40. The van der Waals surface area contributed by atoms with Gasteiger partial charge in [0.15, 0.2) is 5.75 Å². The molecule has 1 aromatic heterocycles. The maximum absolute atomic E-state index is 14.2. The van der Waals surface area contributed by atoms with E-state index in [0.717, 1.165) is 17.7 Å². The molecule has 0 bridgehead atoms. The molecule has 1 unspecified atom stereocenters. The zero-order valence-corrected chi connectivity index (χ0v) is 12.6. The number of hydrazine groups is 1. The Morgan fingerprint density at radius 3 is 2.86 bits per heavy atom. The Bertz CT molecular complexity index is 612. The zero-order valence-electron chi connectivity index (χ0n) is 12.6. The summed E-state index contributed by atoms with van der Waals surface area (Å²) in [6.07, 6.45) is 2.54. The van der Waals surface area contributed by atoms with Crippen molar-refractivity contribution in [3.8, 4) is 5.75 Å². The third kappa shape index (κ3) is 3.06. The first-order chi connectivity index (χ1) is 10.1. The van der Waals surface area contributed by atoms with Crippen molar-refractivity contribution < 1.29 is 9.13 Å². The van der Waals surface area contributed by atoms with Crippen LogP contribution in [0, 0.1) is 12.7 Å². The highest BCUT2D eigenvalue weighted by Gasteiger charge is 2.25. The molecule has 21 heavy (non-hydrogen) atoms. The Morgan fingerprint density at radius 1 is 1.48 bits per heavy atom. The number of aromatic nitrogens is 2. The van der Waals surface area contributed by atoms with E-state index in [1.54, 1.807) is 30.1 Å². The van der Waals surface area contributed by atoms with Crippen LogP contribution in [0.4, 0.5) is 4.39 Å². The molecule has 114 valence electrons. The Kier molecular flexibility index (Phi) is 4.93. The Hall–Kier alpha value is -1.92. The molecule has 1 atom stereocenters. The van der Waals surface area contributed by atoms with Crippen molar-refractivity contribution in [1.82, 2.24) is 15.2 Å². The van der Waals surface area contributed by atoms with Gasteiger partial charge in [-0.3, -0.25) is 10.5 Å². The molecule has 1 aromatic carbocycles. The molecule has 0 saturated heterocycles. The number of ether oxygens (including phenoxy) is 1. The monoisotopic (exact) mass is 292 g/mol. The zero-order chi connectivity index (χ0) is 15.4. The SMILES string of the molecule is CCCn1ncc(OC)c1C(NN)c1cc(C)ccc1F. The summed E-state index contributed by atoms with van der Waals surface area (Å²) in [5.41, 5.74) is 4.85. The summed E-state index contributed by atoms with van der Waals surface area (Å²) in [6.45, 7) is 4.68. The maximum atomic E-state index is 14.2. The van der Waals surface area contributed by atoms with E-state index >= 15 is 0 Å². The van der Waals surface area contributed by atoms with Gasteiger partial charge in [0.25, 0.3) is 0 Å². The number of rotatable bonds is 6. The molecule has 3 N–H and O–H groups in total. The van der Waals surface area contributed by atoms with Crippen molar-refractivity contribution in [3.05, 3.63) is 47.0 Å². The van der Waals surface area contributed by atoms with E-state index in [2.05, 4.69) is 17.4 Å². The predicted molar refractivity (Wildman–Crippen MR) is 79.4 cm³/mol. The Balaban J connectivity index is 2.55. The second kappa shape index (κ2) is 6.69. The first kappa shape index (κ1) is 15.5. The van der Waals surface area contributed by atoms with Crippen molar-refractivity contribution in [2.24, 2.45) is 5.84 Å². The van der Waals surface area contributed by atoms with E-state index in [-0.39, 0.29) is 5.82 Å². The smallest absolute Gasteiger partial charge is 0.161 e. The molecular formula is C15H21FN4O. The number of hydrogen-bond acceptors (Lipinski definition) is 4. The van der Waals surface area contributed by atoms with Crippen LogP contribution in [0.1, 0.15) is 36.2 Å². The summed E-state index contributed by atoms with van der Waals surface area (Å²) in [6, 6.07) is 4.44. The van der Waals surface area contributed by atoms with Gasteiger partial charge in [-0.2, -0.15) is 5.10 Å². The van der Waals surface area contributed by atoms with Crippen molar-refractivity contribution >= 4 is 0 Å². The quantitative estimate of drug-likeness (QED) is 0.633. The molecule has 0 spiro atoms. The fourth-order valence-electron chi connectivity index (χ4n) is 2.42. The summed E-state index contributed by atoms with van der Waals surface area (Å²) >= 11 is 0. The minimum atomic E-state index is -0.520. The van der Waals surface area contributed by atoms with Gasteiger partial charge in [-0.25, -0.2) is 9.82 Å². The molecule has 6 heteroatoms. The van der Waals surface area contributed by atoms with Gasteiger partial charge in [0.05, 0.1) is 19.3 Å². The molecule has 0 aliphatic rings. The molecular weight excluding hydrogens is 271 g/mol. The summed E-state index contributed by atoms with van der Waals surface area (Å²) in [7, 11) is 1.57. The van der Waals surface area contributed by atoms with E-state index in [9.17, 15) is 4.39 Å². The van der Waals surface area contributed by atoms with Crippen LogP contribution in [0.15, 0.2) is 24.4 Å². The van der Waals surface area contributed by atoms with Crippen LogP contribution in [0.3, 0.4) is 0 Å². The molecule has 0 aliphatic heterocycles. The van der Waals surface area contributed by atoms with Gasteiger partial charge in [0.2, 0.25) is 0 Å². The first-order valence-electron chi connectivity index (χ1n) is 6.94. The molecule has 1 heterocycles. The van der Waals surface area contributed by atoms with Gasteiger partial charge < -0.3 is 4.74 Å². The van der Waals surface area contributed by atoms with E-state index < -0.39 is 6.04 Å². The molecule has 2 rings (SSSR count). The summed E-state index contributed by atoms with van der Waals surface area (Å²) in [5.74, 6) is 5.97. The highest BCUT2D eigenvalue weighted by atomic mass is 19.1. The summed E-state index contributed by atoms with van der Waals surface area (Å²) in [4.78, 5) is 0. The molecule has 0 radical (unpaired) electrons. The molecule has 0 saturated carbocycles. The van der Waals surface area contributed by atoms with Gasteiger partial charge in [0.1, 0.15) is 11.5 Å². The molecule has 2 aromatic rings. The molecule has 5 nitrogen and oxygen atoms in total. The molecule has 0 amide bonds. The average molecular weight is 292 g/mol. The van der Waals surface area contributed by atoms with E-state index in [4.69, 9.17) is 10.6 Å². The minimum absolute atomic E-state index is 0.310. The third-order valence-electron chi connectivity index (χ3n) is 3.40. The lowest BCUT2D eigenvalue weighted by molar-refractivity contribution is 0.396. The normalized spacial score (nSPS) is 12.4. The van der Waals surface area contributed by atoms with Crippen LogP contribution in [0.5, 0.6) is 5.75 Å². The van der Waals surface area contributed by atoms with Crippen molar-refractivity contribution in [1.29, 1.82) is 0 Å². The standard InChI is InChI=1S/C15H21FN4O/c1-4-7-20-15(13(21-3)9-18-20)14(19-17)11-8-10(2)5-6-12(11)16/h5-6,8-9,14,19H,4,7,17H2,1-3H3. The second-order valence-electron chi connectivity index (χ2n) is 4.95. The maximum Gasteiger partial charge on any atom is 0.161 e. The van der Waals surface area contributed by atoms with Crippen molar-refractivity contribution in [2.45, 2.75) is 32.9 Å². The minimum Gasteiger partial charge on any atom is -0.493 e. The van der Waals surface area contributed by atoms with Crippen LogP contribution in [-0.4, -0.2) is 16.9 Å². The number of benzene rings is 1. The number of halogens is 1. The van der Waals surface area contributed by atoms with E-state index in [0.29, 0.717) is 17.9 Å². The van der Waals surface area contributed by atoms with Gasteiger partial charge in [0, 0.05) is 12.1 Å². The summed E-state index contributed by atoms with van der Waals surface area (Å²) in [5, 5.41) is 4.30. The second-order valence-corrected chi connectivity index (χ2v) is 4.95. The van der Waals surface area contributed by atoms with Gasteiger partial charge in [-0.05, 0) is 19.4 Å². The van der Waals surface area contributed by atoms with Crippen LogP contribution < -0.4 is 16.0 Å². The number of nitrogens with two attached hydrogens (primary N) is 1. The molecule has 0 aliphatic carbocycles. The number of methoxy groups -OCH3 is 1. The Morgan fingerprint density at radius 2 is 2.24 bits per heavy atom. The fraction of sp³-hybridized carbons (Fsp3) is 0.400. The topological polar surface area (TPSA) is 65.1 Å². The predicted octanol–water partition coefficient (Wildman–Crippen LogP) is 2.30. The van der Waals surface area contributed by atoms with Crippen LogP contribution in [0.25, 0.3) is 0 Å². The number of aryl methyl sites for hydroxylation is 2. The lowest BCUT2D eigenvalue weighted by Gasteiger charge is -2.20. The van der Waals surface area contributed by atoms with Crippen molar-refractivity contribution in [3.63, 3.8) is 0 Å². The largest absolute Gasteiger partial charge is 0.493 e. The van der Waals surface area contributed by atoms with Crippen LogP contribution in [0.2, 0.25) is 0 Å². The van der Waals surface area contributed by atoms with Crippen molar-refractivity contribution in [2.75, 3.05) is 7.11 Å². The molecule has 0 fully saturated rings. The summed E-state index contributed by atoms with van der Waals surface area (Å²) < 4.78 is 21.3.